The molecule has 3 aromatic carbocycles. The van der Waals surface area contributed by atoms with Crippen LogP contribution in [-0.4, -0.2) is 91.9 Å². The topological polar surface area (TPSA) is 168 Å². The number of amides is 3. The van der Waals surface area contributed by atoms with Gasteiger partial charge in [0.1, 0.15) is 24.5 Å². The van der Waals surface area contributed by atoms with Gasteiger partial charge in [-0.3, -0.25) is 14.4 Å². The maximum Gasteiger partial charge on any atom is 0.246 e. The Morgan fingerprint density at radius 1 is 0.985 bits per heavy atom. The molecule has 0 spiro atoms. The molecule has 6 aromatic rings. The molecule has 0 unspecified atom stereocenters. The summed E-state index contributed by atoms with van der Waals surface area (Å²) in [4.78, 5) is 54.7. The van der Waals surface area contributed by atoms with E-state index in [1.807, 2.05) is 89.0 Å². The Morgan fingerprint density at radius 2 is 1.75 bits per heavy atom. The number of rotatable bonds is 18. The normalized spacial score (nSPS) is 15.9. The molecule has 0 aliphatic carbocycles. The number of aromatic nitrogens is 4. The number of ether oxygens (including phenoxy) is 1. The van der Waals surface area contributed by atoms with E-state index in [0.29, 0.717) is 6.61 Å². The van der Waals surface area contributed by atoms with Crippen molar-refractivity contribution in [3.05, 3.63) is 118 Å². The highest BCUT2D eigenvalue weighted by Crippen LogP contribution is 2.37. The minimum Gasteiger partial charge on any atom is -0.391 e. The minimum absolute atomic E-state index is 0.00904. The Bertz CT molecular complexity index is 2640. The second kappa shape index (κ2) is 21.5. The lowest BCUT2D eigenvalue weighted by Gasteiger charge is -2.35. The highest BCUT2D eigenvalue weighted by atomic mass is 79.9. The first-order valence-electron chi connectivity index (χ1n) is 22.8. The molecule has 3 aromatic heterocycles. The number of hydrogen-bond acceptors (Lipinski definition) is 11. The van der Waals surface area contributed by atoms with Crippen molar-refractivity contribution in [3.63, 3.8) is 0 Å². The first-order chi connectivity index (χ1) is 32.0. The number of thiazole rings is 1. The molecule has 1 saturated heterocycles. The molecule has 4 heterocycles. The van der Waals surface area contributed by atoms with Crippen LogP contribution >= 0.6 is 27.3 Å². The lowest BCUT2D eigenvalue weighted by atomic mass is 9.85. The lowest BCUT2D eigenvalue weighted by Crippen LogP contribution is -2.58. The van der Waals surface area contributed by atoms with Crippen molar-refractivity contribution in [2.24, 2.45) is 5.41 Å². The van der Waals surface area contributed by atoms with Crippen LogP contribution in [-0.2, 0) is 19.1 Å². The van der Waals surface area contributed by atoms with Crippen molar-refractivity contribution in [3.8, 4) is 27.3 Å². The van der Waals surface area contributed by atoms with Gasteiger partial charge >= 0.3 is 0 Å². The van der Waals surface area contributed by atoms with Crippen LogP contribution in [0.4, 0.5) is 11.4 Å². The molecule has 14 nitrogen and oxygen atoms in total. The van der Waals surface area contributed by atoms with E-state index in [1.54, 1.807) is 23.9 Å². The molecule has 7 rings (SSSR count). The number of unbranched alkanes of at least 4 members (excludes halogenated alkanes) is 2. The Labute approximate surface area is 405 Å². The van der Waals surface area contributed by atoms with Crippen molar-refractivity contribution in [2.45, 2.75) is 105 Å². The molecule has 1 aliphatic heterocycles. The van der Waals surface area contributed by atoms with Crippen LogP contribution in [0.5, 0.6) is 0 Å². The van der Waals surface area contributed by atoms with Gasteiger partial charge in [-0.1, -0.05) is 62.3 Å². The number of carbonyl (C=O) groups excluding carboxylic acids is 3. The molecule has 1 fully saturated rings. The molecule has 354 valence electrons. The van der Waals surface area contributed by atoms with Gasteiger partial charge in [0.2, 0.25) is 17.7 Å². The van der Waals surface area contributed by atoms with E-state index in [1.165, 1.54) is 4.90 Å². The molecule has 1 aliphatic rings. The Kier molecular flexibility index (Phi) is 15.8. The van der Waals surface area contributed by atoms with Crippen molar-refractivity contribution < 1.29 is 28.8 Å². The summed E-state index contributed by atoms with van der Waals surface area (Å²) >= 11 is 5.39. The van der Waals surface area contributed by atoms with Gasteiger partial charge in [-0.05, 0) is 122 Å². The van der Waals surface area contributed by atoms with Crippen LogP contribution in [0.2, 0.25) is 0 Å². The Hall–Kier alpha value is -5.68. The Morgan fingerprint density at radius 3 is 2.40 bits per heavy atom. The molecule has 0 saturated carbocycles. The highest BCUT2D eigenvalue weighted by molar-refractivity contribution is 9.10. The van der Waals surface area contributed by atoms with E-state index in [-0.39, 0.29) is 31.5 Å². The standard InChI is InChI=1S/C51H61BrN8O6S/c1-31-12-13-38(46-33(3)57-66-35(46)5)24-43(31)59(39-18-19-42(41(52)25-39)58-22-20-53-29-58)21-10-9-11-23-65-28-45(62)56-48(51(6,7)8)50(64)60-27-40(61)26-44(60)49(63)55-32(2)36-14-16-37(17-15-36)47-34(4)54-30-67-47/h12-20,22,24-25,29-30,32,40,44,48,61H,9-11,21,23,26-28H2,1-8H3,(H,55,63)(H,56,62)/t32-,40+,44-,48+/m0/s1. The second-order valence-corrected chi connectivity index (χ2v) is 20.2. The third-order valence-electron chi connectivity index (χ3n) is 12.3. The predicted molar refractivity (Wildman–Crippen MR) is 265 cm³/mol. The summed E-state index contributed by atoms with van der Waals surface area (Å²) in [5.41, 5.74) is 11.1. The zero-order valence-electron chi connectivity index (χ0n) is 39.5. The van der Waals surface area contributed by atoms with Crippen LogP contribution in [0.1, 0.15) is 87.7 Å². The van der Waals surface area contributed by atoms with Crippen LogP contribution in [0.25, 0.3) is 27.3 Å². The number of nitrogens with one attached hydrogen (secondary N) is 2. The van der Waals surface area contributed by atoms with E-state index >= 15 is 0 Å². The highest BCUT2D eigenvalue weighted by Gasteiger charge is 2.44. The first-order valence-corrected chi connectivity index (χ1v) is 24.4. The number of anilines is 2. The summed E-state index contributed by atoms with van der Waals surface area (Å²) in [6.45, 7) is 16.3. The summed E-state index contributed by atoms with van der Waals surface area (Å²) in [5.74, 6) is -0.437. The molecular weight excluding hydrogens is 933 g/mol. The number of halogens is 1. The fraction of sp³-hybridized carbons (Fsp3) is 0.412. The summed E-state index contributed by atoms with van der Waals surface area (Å²) in [6, 6.07) is 18.5. The molecule has 3 N–H and O–H groups in total. The van der Waals surface area contributed by atoms with E-state index in [0.717, 1.165) is 97.2 Å². The Balaban J connectivity index is 0.932. The molecule has 4 atom stereocenters. The number of aliphatic hydroxyl groups is 1. The monoisotopic (exact) mass is 992 g/mol. The summed E-state index contributed by atoms with van der Waals surface area (Å²) < 4.78 is 14.3. The fourth-order valence-electron chi connectivity index (χ4n) is 8.65. The number of imidazole rings is 1. The average Bonchev–Trinajstić information content (AvgIpc) is 4.12. The van der Waals surface area contributed by atoms with Gasteiger partial charge in [0.05, 0.1) is 45.9 Å². The van der Waals surface area contributed by atoms with E-state index < -0.39 is 35.4 Å². The number of nitrogens with zero attached hydrogens (tertiary/aromatic N) is 6. The third kappa shape index (κ3) is 11.7. The molecule has 67 heavy (non-hydrogen) atoms. The number of β-amino-alcohol motifs (C(OH)–C–C–N with tert-alkyl or cyclic N) is 1. The van der Waals surface area contributed by atoms with Crippen LogP contribution in [0.3, 0.4) is 0 Å². The van der Waals surface area contributed by atoms with Crippen molar-refractivity contribution in [1.82, 2.24) is 35.2 Å². The molecular formula is C51H61BrN8O6S. The molecule has 3 amide bonds. The first kappa shape index (κ1) is 49.2. The average molecular weight is 994 g/mol. The van der Waals surface area contributed by atoms with Crippen LogP contribution < -0.4 is 15.5 Å². The van der Waals surface area contributed by atoms with Crippen molar-refractivity contribution in [2.75, 3.05) is 31.2 Å². The molecule has 0 radical (unpaired) electrons. The largest absolute Gasteiger partial charge is 0.391 e. The summed E-state index contributed by atoms with van der Waals surface area (Å²) in [5, 5.41) is 20.8. The molecule has 16 heteroatoms. The maximum absolute atomic E-state index is 14.2. The van der Waals surface area contributed by atoms with E-state index in [9.17, 15) is 19.5 Å². The van der Waals surface area contributed by atoms with Gasteiger partial charge in [-0.25, -0.2) is 9.97 Å². The summed E-state index contributed by atoms with van der Waals surface area (Å²) in [6.07, 6.45) is 7.08. The van der Waals surface area contributed by atoms with Gasteiger partial charge in [0.15, 0.2) is 0 Å². The van der Waals surface area contributed by atoms with E-state index in [4.69, 9.17) is 9.26 Å². The van der Waals surface area contributed by atoms with Gasteiger partial charge in [0.25, 0.3) is 0 Å². The van der Waals surface area contributed by atoms with Gasteiger partial charge in [-0.15, -0.1) is 11.3 Å². The molecule has 0 bridgehead atoms. The third-order valence-corrected chi connectivity index (χ3v) is 13.9. The van der Waals surface area contributed by atoms with Gasteiger partial charge in [0, 0.05) is 59.9 Å². The van der Waals surface area contributed by atoms with Crippen LogP contribution in [0.15, 0.2) is 93.9 Å². The number of likely N-dealkylation sites (tertiary alicyclic amines) is 1. The van der Waals surface area contributed by atoms with Crippen molar-refractivity contribution >= 4 is 56.4 Å². The zero-order chi connectivity index (χ0) is 48.0. The van der Waals surface area contributed by atoms with E-state index in [2.05, 4.69) is 89.9 Å². The number of aliphatic hydroxyl groups excluding tert-OH is 1. The quantitative estimate of drug-likeness (QED) is 0.0706. The number of hydrogen-bond donors (Lipinski definition) is 3. The lowest BCUT2D eigenvalue weighted by molar-refractivity contribution is -0.144. The number of benzene rings is 3. The number of carbonyl (C=O) groups is 3. The summed E-state index contributed by atoms with van der Waals surface area (Å²) in [7, 11) is 0. The SMILES string of the molecule is Cc1ccc(-c2c(C)noc2C)cc1N(CCCCCOCC(=O)N[C@H](C(=O)N1C[C@H](O)C[C@H]1C(=O)N[C@@H](C)c1ccc(-c2scnc2C)cc1)C(C)(C)C)c1ccc(-n2ccnc2)c(Br)c1. The minimum atomic E-state index is -0.955. The van der Waals surface area contributed by atoms with Gasteiger partial charge < -0.3 is 39.4 Å². The van der Waals surface area contributed by atoms with Crippen LogP contribution in [0, 0.1) is 33.1 Å². The predicted octanol–water partition coefficient (Wildman–Crippen LogP) is 9.34. The van der Waals surface area contributed by atoms with Crippen molar-refractivity contribution in [1.29, 1.82) is 0 Å². The fourth-order valence-corrected chi connectivity index (χ4v) is 10.0. The smallest absolute Gasteiger partial charge is 0.246 e. The number of aryl methyl sites for hydroxylation is 4. The van der Waals surface area contributed by atoms with Gasteiger partial charge in [-0.2, -0.15) is 0 Å². The maximum atomic E-state index is 14.2. The second-order valence-electron chi connectivity index (χ2n) is 18.5. The zero-order valence-corrected chi connectivity index (χ0v) is 41.9.